The number of piperidine rings is 2. The van der Waals surface area contributed by atoms with Gasteiger partial charge in [0, 0.05) is 44.9 Å². The van der Waals surface area contributed by atoms with Crippen molar-refractivity contribution in [2.24, 2.45) is 40.4 Å². The van der Waals surface area contributed by atoms with Crippen molar-refractivity contribution in [1.29, 1.82) is 10.8 Å². The number of carbonyl (C=O) groups is 9. The van der Waals surface area contributed by atoms with Crippen molar-refractivity contribution in [3.63, 3.8) is 0 Å². The van der Waals surface area contributed by atoms with Gasteiger partial charge in [-0.3, -0.25) is 49.2 Å². The lowest BCUT2D eigenvalue weighted by atomic mass is 9.85. The molecule has 0 saturated carbocycles. The largest absolute Gasteiger partial charge is 0.508 e. The van der Waals surface area contributed by atoms with E-state index < -0.39 is 119 Å². The number of nitrogens with zero attached hydrogens (tertiary/aromatic N) is 3. The Kier molecular flexibility index (Phi) is 25.0. The molecule has 0 spiro atoms. The van der Waals surface area contributed by atoms with Crippen molar-refractivity contribution in [3.05, 3.63) is 29.8 Å². The number of rotatable bonds is 26. The Morgan fingerprint density at radius 2 is 1.27 bits per heavy atom. The van der Waals surface area contributed by atoms with Crippen molar-refractivity contribution >= 4 is 77.8 Å². The number of phenols is 1. The summed E-state index contributed by atoms with van der Waals surface area (Å²) in [5, 5.41) is 58.5. The van der Waals surface area contributed by atoms with Gasteiger partial charge in [0.05, 0.1) is 6.04 Å². The minimum atomic E-state index is -1.36. The summed E-state index contributed by atoms with van der Waals surface area (Å²) in [6.45, 7) is 10.9. The van der Waals surface area contributed by atoms with Gasteiger partial charge in [0.1, 0.15) is 54.1 Å². The van der Waals surface area contributed by atoms with E-state index in [0.29, 0.717) is 57.2 Å². The van der Waals surface area contributed by atoms with Gasteiger partial charge in [-0.25, -0.2) is 4.79 Å². The van der Waals surface area contributed by atoms with Crippen LogP contribution in [-0.2, 0) is 49.6 Å². The van der Waals surface area contributed by atoms with Crippen LogP contribution < -0.4 is 59.7 Å². The highest BCUT2D eigenvalue weighted by Gasteiger charge is 2.45. The second-order valence-electron chi connectivity index (χ2n) is 23.8. The number of amides is 8. The molecule has 0 aliphatic carbocycles. The van der Waals surface area contributed by atoms with Crippen molar-refractivity contribution in [2.75, 3.05) is 51.6 Å². The molecule has 8 amide bonds. The Morgan fingerprint density at radius 1 is 0.699 bits per heavy atom. The van der Waals surface area contributed by atoms with Gasteiger partial charge in [0.2, 0.25) is 47.3 Å². The Hall–Kier alpha value is -6.94. The van der Waals surface area contributed by atoms with E-state index in [1.54, 1.807) is 37.8 Å². The zero-order valence-electron chi connectivity index (χ0n) is 48.5. The van der Waals surface area contributed by atoms with Gasteiger partial charge in [-0.15, -0.1) is 0 Å². The third kappa shape index (κ3) is 19.3. The average Bonchev–Trinajstić information content (AvgIpc) is 4.41. The van der Waals surface area contributed by atoms with E-state index in [1.165, 1.54) is 21.9 Å². The van der Waals surface area contributed by atoms with Crippen LogP contribution in [0.15, 0.2) is 24.3 Å². The van der Waals surface area contributed by atoms with Crippen LogP contribution >= 0.6 is 12.6 Å². The number of hydrogen-bond acceptors (Lipinski definition) is 15. The van der Waals surface area contributed by atoms with E-state index in [9.17, 15) is 43.8 Å². The minimum absolute atomic E-state index is 0.0211. The van der Waals surface area contributed by atoms with Crippen molar-refractivity contribution < 1.29 is 53.4 Å². The number of hydrogen-bond donors (Lipinski definition) is 16. The number of nitrogens with one attached hydrogen (secondary N) is 10. The number of guanidine groups is 2. The molecule has 4 aliphatic heterocycles. The van der Waals surface area contributed by atoms with Crippen LogP contribution in [0.4, 0.5) is 0 Å². The smallest absolute Gasteiger partial charge is 0.326 e. The van der Waals surface area contributed by atoms with Crippen molar-refractivity contribution in [3.8, 4) is 5.75 Å². The van der Waals surface area contributed by atoms with Crippen molar-refractivity contribution in [1.82, 2.24) is 57.2 Å². The molecule has 28 heteroatoms. The van der Waals surface area contributed by atoms with Gasteiger partial charge in [0.15, 0.2) is 11.9 Å². The molecule has 6 unspecified atom stereocenters. The normalized spacial score (nSPS) is 20.4. The molecule has 4 aliphatic rings. The first-order valence-corrected chi connectivity index (χ1v) is 29.5. The molecule has 4 fully saturated rings. The summed E-state index contributed by atoms with van der Waals surface area (Å²) in [6.07, 6.45) is 3.18. The standard InChI is InChI=1S/C55H90N16O11S/c1-30(2)27-38(52(81)82)65-49(78)43(55(3,4)5)68-45(74)37(28-31-12-14-34(72)15-13-31)64-46(75)39-10-7-23-70(39)50(79)36(9-6-20-62-53(57)58)63-48(77)41(33-18-25-69(26-19-33)54(59)60)66-47(76)40-11-8-24-71(40)51(80)42(32-16-21-61-22-17-32)67-44(73)35(56)29-83/h12-15,30,32-33,35-43,61,72,83H,6-11,16-29,56H2,1-5H3,(H3,59,60)(H,63,77)(H,64,75)(H,65,78)(H,66,76)(H,67,73)(H,68,74)(H,81,82)(H4,57,58,62)/t35?,36-,37-,38-,39?,40?,41?,42?,43?/m0/s1. The number of thiol groups is 1. The molecule has 1 aromatic rings. The highest BCUT2D eigenvalue weighted by Crippen LogP contribution is 2.28. The number of nitrogens with two attached hydrogens (primary N) is 3. The van der Waals surface area contributed by atoms with Crippen LogP contribution in [0.5, 0.6) is 5.75 Å². The van der Waals surface area contributed by atoms with Gasteiger partial charge < -0.3 is 84.6 Å². The van der Waals surface area contributed by atoms with E-state index in [1.807, 2.05) is 13.8 Å². The van der Waals surface area contributed by atoms with Gasteiger partial charge in [-0.2, -0.15) is 12.6 Å². The molecule has 18 N–H and O–H groups in total. The summed E-state index contributed by atoms with van der Waals surface area (Å²) in [6, 6.07) is -4.67. The topological polar surface area (TPSA) is 426 Å². The maximum absolute atomic E-state index is 15.0. The molecule has 0 bridgehead atoms. The van der Waals surface area contributed by atoms with Gasteiger partial charge >= 0.3 is 5.97 Å². The number of carboxylic acid groups (broad SMARTS) is 1. The Bertz CT molecular complexity index is 2470. The number of phenolic OH excluding ortho intramolecular Hbond substituents is 1. The number of benzene rings is 1. The van der Waals surface area contributed by atoms with Crippen LogP contribution in [0.2, 0.25) is 0 Å². The summed E-state index contributed by atoms with van der Waals surface area (Å²) in [5.74, 6) is -7.85. The number of likely N-dealkylation sites (tertiary alicyclic amines) is 3. The second-order valence-corrected chi connectivity index (χ2v) is 24.1. The first-order valence-electron chi connectivity index (χ1n) is 28.9. The monoisotopic (exact) mass is 1180 g/mol. The molecule has 9 atom stereocenters. The lowest BCUT2D eigenvalue weighted by Gasteiger charge is -2.38. The van der Waals surface area contributed by atoms with E-state index >= 15 is 9.59 Å². The van der Waals surface area contributed by atoms with E-state index in [0.717, 1.165) is 0 Å². The van der Waals surface area contributed by atoms with Crippen LogP contribution in [0, 0.1) is 34.0 Å². The fourth-order valence-electron chi connectivity index (χ4n) is 11.3. The highest BCUT2D eigenvalue weighted by molar-refractivity contribution is 7.80. The Morgan fingerprint density at radius 3 is 1.81 bits per heavy atom. The second kappa shape index (κ2) is 31.1. The highest BCUT2D eigenvalue weighted by atomic mass is 32.1. The quantitative estimate of drug-likeness (QED) is 0.0209. The Labute approximate surface area is 491 Å². The molecule has 1 aromatic carbocycles. The predicted molar refractivity (Wildman–Crippen MR) is 312 cm³/mol. The molecule has 4 saturated heterocycles. The van der Waals surface area contributed by atoms with E-state index in [4.69, 9.17) is 28.0 Å². The molecule has 462 valence electrons. The first-order chi connectivity index (χ1) is 39.2. The van der Waals surface area contributed by atoms with E-state index in [2.05, 4.69) is 55.2 Å². The van der Waals surface area contributed by atoms with Gasteiger partial charge in [-0.05, 0) is 125 Å². The van der Waals surface area contributed by atoms with Gasteiger partial charge in [-0.1, -0.05) is 46.8 Å². The third-order valence-corrected chi connectivity index (χ3v) is 16.3. The number of carbonyl (C=O) groups excluding carboxylic acids is 8. The fraction of sp³-hybridized carbons (Fsp3) is 0.691. The maximum Gasteiger partial charge on any atom is 0.326 e. The van der Waals surface area contributed by atoms with Crippen LogP contribution in [-0.4, -0.2) is 196 Å². The molecular weight excluding hydrogens is 1090 g/mol. The van der Waals surface area contributed by atoms with Crippen LogP contribution in [0.1, 0.15) is 111 Å². The SMILES string of the molecule is CC(C)C[C@H](NC(=O)C(NC(=O)[C@H](Cc1ccc(O)cc1)NC(=O)C1CCCN1C(=O)[C@H](CCCNC(=N)N)NC(=O)C(NC(=O)C1CCCN1C(=O)C(NC(=O)C(N)CS)C1CCNCC1)C1CCN(C(=N)N)CC1)C(C)(C)C)C(=O)O. The molecule has 27 nitrogen and oxygen atoms in total. The number of aromatic hydroxyl groups is 1. The molecule has 5 rings (SSSR count). The third-order valence-electron chi connectivity index (χ3n) is 15.9. The summed E-state index contributed by atoms with van der Waals surface area (Å²) in [7, 11) is 0. The number of carboxylic acids is 1. The minimum Gasteiger partial charge on any atom is -0.508 e. The molecular formula is C55H90N16O11S. The summed E-state index contributed by atoms with van der Waals surface area (Å²) >= 11 is 4.17. The zero-order valence-corrected chi connectivity index (χ0v) is 49.4. The molecule has 0 aromatic heterocycles. The first kappa shape index (κ1) is 66.9. The predicted octanol–water partition coefficient (Wildman–Crippen LogP) is -1.87. The molecule has 83 heavy (non-hydrogen) atoms. The Balaban J connectivity index is 1.42. The van der Waals surface area contributed by atoms with Gasteiger partial charge in [0.25, 0.3) is 0 Å². The molecule has 0 radical (unpaired) electrons. The van der Waals surface area contributed by atoms with Crippen LogP contribution in [0.25, 0.3) is 0 Å². The zero-order chi connectivity index (χ0) is 61.3. The summed E-state index contributed by atoms with van der Waals surface area (Å²) in [4.78, 5) is 132. The number of aliphatic carboxylic acids is 1. The summed E-state index contributed by atoms with van der Waals surface area (Å²) < 4.78 is 0. The van der Waals surface area contributed by atoms with Crippen LogP contribution in [0.3, 0.4) is 0 Å². The fourth-order valence-corrected chi connectivity index (χ4v) is 11.4. The van der Waals surface area contributed by atoms with E-state index in [-0.39, 0.29) is 107 Å². The van der Waals surface area contributed by atoms with Crippen molar-refractivity contribution in [2.45, 2.75) is 166 Å². The summed E-state index contributed by atoms with van der Waals surface area (Å²) in [5.41, 5.74) is 17.0. The lowest BCUT2D eigenvalue weighted by molar-refractivity contribution is -0.144. The maximum atomic E-state index is 15.0. The lowest BCUT2D eigenvalue weighted by Crippen LogP contribution is -2.62. The average molecular weight is 1180 g/mol. The molecule has 4 heterocycles.